The molecule has 0 fully saturated rings. The minimum Gasteiger partial charge on any atom is -0.431 e. The van der Waals surface area contributed by atoms with E-state index < -0.39 is 27.9 Å². The Kier molecular flexibility index (Phi) is 7.91. The van der Waals surface area contributed by atoms with Crippen LogP contribution in [-0.4, -0.2) is 26.7 Å². The Labute approximate surface area is 220 Å². The second-order valence-corrected chi connectivity index (χ2v) is 10.6. The van der Waals surface area contributed by atoms with E-state index >= 15 is 0 Å². The number of anilines is 2. The number of carbonyl (C=O) groups excluding carboxylic acids is 2. The van der Waals surface area contributed by atoms with Gasteiger partial charge in [0.15, 0.2) is 9.84 Å². The number of ether oxygens (including phenoxy) is 1. The number of hydrogen-bond donors (Lipinski definition) is 2. The van der Waals surface area contributed by atoms with E-state index in [9.17, 15) is 18.0 Å². The quantitative estimate of drug-likeness (QED) is 0.288. The third kappa shape index (κ3) is 6.55. The van der Waals surface area contributed by atoms with Gasteiger partial charge in [0.25, 0.3) is 5.91 Å². The Morgan fingerprint density at radius 1 is 0.757 bits per heavy atom. The van der Waals surface area contributed by atoms with E-state index in [1.54, 1.807) is 97.1 Å². The van der Waals surface area contributed by atoms with Crippen molar-refractivity contribution in [3.8, 4) is 11.1 Å². The lowest BCUT2D eigenvalue weighted by molar-refractivity contribution is -0.124. The number of amides is 2. The van der Waals surface area contributed by atoms with Crippen LogP contribution in [0.15, 0.2) is 108 Å². The Morgan fingerprint density at radius 3 is 2.03 bits per heavy atom. The average molecular weight is 535 g/mol. The first-order chi connectivity index (χ1) is 17.7. The highest BCUT2D eigenvalue weighted by Gasteiger charge is 2.26. The maximum Gasteiger partial charge on any atom is 0.412 e. The minimum absolute atomic E-state index is 0.134. The highest BCUT2D eigenvalue weighted by molar-refractivity contribution is 7.90. The van der Waals surface area contributed by atoms with E-state index in [4.69, 9.17) is 16.3 Å². The van der Waals surface area contributed by atoms with Crippen molar-refractivity contribution < 1.29 is 22.7 Å². The van der Waals surface area contributed by atoms with Crippen LogP contribution in [0.5, 0.6) is 0 Å². The fraction of sp³-hybridized carbons (Fsp3) is 0.0714. The first-order valence-corrected chi connectivity index (χ1v) is 13.5. The number of benzene rings is 4. The van der Waals surface area contributed by atoms with Gasteiger partial charge in [0.05, 0.1) is 4.90 Å². The van der Waals surface area contributed by atoms with Crippen molar-refractivity contribution in [3.05, 3.63) is 114 Å². The Balaban J connectivity index is 1.63. The van der Waals surface area contributed by atoms with Gasteiger partial charge < -0.3 is 10.1 Å². The second kappa shape index (κ2) is 11.3. The molecule has 4 aromatic rings. The molecule has 0 heterocycles. The second-order valence-electron chi connectivity index (χ2n) is 8.13. The molecule has 0 radical (unpaired) electrons. The van der Waals surface area contributed by atoms with E-state index in [2.05, 4.69) is 10.6 Å². The zero-order valence-electron chi connectivity index (χ0n) is 19.7. The number of sulfone groups is 1. The van der Waals surface area contributed by atoms with Gasteiger partial charge >= 0.3 is 6.09 Å². The number of halogens is 1. The number of para-hydroxylation sites is 1. The zero-order chi connectivity index (χ0) is 26.4. The molecule has 188 valence electrons. The molecule has 9 heteroatoms. The summed E-state index contributed by atoms with van der Waals surface area (Å²) >= 11 is 5.89. The molecule has 0 aliphatic heterocycles. The molecule has 0 saturated heterocycles. The Bertz CT molecular complexity index is 1520. The lowest BCUT2D eigenvalue weighted by atomic mass is 10.0. The maximum atomic E-state index is 13.5. The van der Waals surface area contributed by atoms with Crippen molar-refractivity contribution in [2.75, 3.05) is 16.9 Å². The molecule has 37 heavy (non-hydrogen) atoms. The van der Waals surface area contributed by atoms with Gasteiger partial charge in [-0.3, -0.25) is 10.1 Å². The standard InChI is InChI=1S/C28H23ClN2O5S/c1-37(34,35)25-14-8-6-12-23(25)22-11-5-7-13-24(22)31-27(32)26(19-9-3-2-4-10-19)36-28(33)30-21-17-15-20(29)16-18-21/h2-18,26H,1H3,(H,30,33)(H,31,32). The van der Waals surface area contributed by atoms with Crippen LogP contribution in [0, 0.1) is 0 Å². The summed E-state index contributed by atoms with van der Waals surface area (Å²) in [6.07, 6.45) is -0.986. The first-order valence-electron chi connectivity index (χ1n) is 11.2. The lowest BCUT2D eigenvalue weighted by Gasteiger charge is -2.20. The van der Waals surface area contributed by atoms with Crippen molar-refractivity contribution in [1.29, 1.82) is 0 Å². The summed E-state index contributed by atoms with van der Waals surface area (Å²) < 4.78 is 30.3. The van der Waals surface area contributed by atoms with Gasteiger partial charge in [-0.2, -0.15) is 0 Å². The normalized spacial score (nSPS) is 11.8. The molecule has 0 bridgehead atoms. The SMILES string of the molecule is CS(=O)(=O)c1ccccc1-c1ccccc1NC(=O)C(OC(=O)Nc1ccc(Cl)cc1)c1ccccc1. The molecule has 1 unspecified atom stereocenters. The van der Waals surface area contributed by atoms with Crippen LogP contribution in [0.1, 0.15) is 11.7 Å². The van der Waals surface area contributed by atoms with Gasteiger partial charge in [0, 0.05) is 39.3 Å². The third-order valence-corrected chi connectivity index (χ3v) is 6.82. The van der Waals surface area contributed by atoms with Crippen LogP contribution >= 0.6 is 11.6 Å². The number of hydrogen-bond acceptors (Lipinski definition) is 5. The molecular weight excluding hydrogens is 512 g/mol. The molecule has 2 amide bonds. The molecule has 0 aliphatic rings. The van der Waals surface area contributed by atoms with Gasteiger partial charge in [-0.05, 0) is 36.4 Å². The van der Waals surface area contributed by atoms with Crippen molar-refractivity contribution in [1.82, 2.24) is 0 Å². The molecule has 2 N–H and O–H groups in total. The molecule has 0 aromatic heterocycles. The summed E-state index contributed by atoms with van der Waals surface area (Å²) in [6, 6.07) is 28.4. The van der Waals surface area contributed by atoms with Crippen LogP contribution in [0.3, 0.4) is 0 Å². The van der Waals surface area contributed by atoms with Crippen molar-refractivity contribution in [3.63, 3.8) is 0 Å². The van der Waals surface area contributed by atoms with E-state index in [0.29, 0.717) is 33.1 Å². The summed E-state index contributed by atoms with van der Waals surface area (Å²) in [5.74, 6) is -0.609. The van der Waals surface area contributed by atoms with Gasteiger partial charge in [-0.1, -0.05) is 78.3 Å². The number of rotatable bonds is 7. The Morgan fingerprint density at radius 2 is 1.35 bits per heavy atom. The molecule has 0 spiro atoms. The van der Waals surface area contributed by atoms with Crippen LogP contribution in [0.2, 0.25) is 5.02 Å². The van der Waals surface area contributed by atoms with Crippen LogP contribution in [0.25, 0.3) is 11.1 Å². The first kappa shape index (κ1) is 25.9. The van der Waals surface area contributed by atoms with Gasteiger partial charge in [-0.15, -0.1) is 0 Å². The smallest absolute Gasteiger partial charge is 0.412 e. The molecule has 0 aliphatic carbocycles. The van der Waals surface area contributed by atoms with Crippen LogP contribution in [-0.2, 0) is 19.4 Å². The highest BCUT2D eigenvalue weighted by Crippen LogP contribution is 2.34. The monoisotopic (exact) mass is 534 g/mol. The van der Waals surface area contributed by atoms with Gasteiger partial charge in [0.1, 0.15) is 0 Å². The predicted molar refractivity (Wildman–Crippen MR) is 144 cm³/mol. The summed E-state index contributed by atoms with van der Waals surface area (Å²) in [5, 5.41) is 5.90. The van der Waals surface area contributed by atoms with Crippen molar-refractivity contribution in [2.24, 2.45) is 0 Å². The highest BCUT2D eigenvalue weighted by atomic mass is 35.5. The fourth-order valence-corrected chi connectivity index (χ4v) is 4.76. The maximum absolute atomic E-state index is 13.5. The lowest BCUT2D eigenvalue weighted by Crippen LogP contribution is -2.28. The van der Waals surface area contributed by atoms with Crippen LogP contribution < -0.4 is 10.6 Å². The molecule has 4 rings (SSSR count). The van der Waals surface area contributed by atoms with E-state index in [0.717, 1.165) is 6.26 Å². The largest absolute Gasteiger partial charge is 0.431 e. The molecule has 1 atom stereocenters. The van der Waals surface area contributed by atoms with E-state index in [1.807, 2.05) is 0 Å². The van der Waals surface area contributed by atoms with Crippen molar-refractivity contribution in [2.45, 2.75) is 11.0 Å². The van der Waals surface area contributed by atoms with Gasteiger partial charge in [0.2, 0.25) is 6.10 Å². The third-order valence-electron chi connectivity index (χ3n) is 5.42. The average Bonchev–Trinajstić information content (AvgIpc) is 2.89. The molecule has 0 saturated carbocycles. The molecule has 7 nitrogen and oxygen atoms in total. The minimum atomic E-state index is -3.53. The predicted octanol–water partition coefficient (Wildman–Crippen LogP) is 6.34. The zero-order valence-corrected chi connectivity index (χ0v) is 21.3. The number of nitrogens with one attached hydrogen (secondary N) is 2. The fourth-order valence-electron chi connectivity index (χ4n) is 3.73. The van der Waals surface area contributed by atoms with E-state index in [1.165, 1.54) is 6.07 Å². The van der Waals surface area contributed by atoms with Gasteiger partial charge in [-0.25, -0.2) is 13.2 Å². The number of carbonyl (C=O) groups is 2. The summed E-state index contributed by atoms with van der Waals surface area (Å²) in [6.45, 7) is 0. The van der Waals surface area contributed by atoms with Crippen molar-refractivity contribution >= 4 is 44.8 Å². The van der Waals surface area contributed by atoms with Crippen LogP contribution in [0.4, 0.5) is 16.2 Å². The Hall–Kier alpha value is -4.14. The summed E-state index contributed by atoms with van der Waals surface area (Å²) in [4.78, 5) is 26.3. The summed E-state index contributed by atoms with van der Waals surface area (Å²) in [5.41, 5.74) is 2.23. The van der Waals surface area contributed by atoms with E-state index in [-0.39, 0.29) is 4.90 Å². The molecular formula is C28H23ClN2O5S. The molecule has 4 aromatic carbocycles. The topological polar surface area (TPSA) is 102 Å². The summed E-state index contributed by atoms with van der Waals surface area (Å²) in [7, 11) is -3.53.